The predicted molar refractivity (Wildman–Crippen MR) is 69.1 cm³/mol. The van der Waals surface area contributed by atoms with Gasteiger partial charge in [-0.15, -0.1) is 0 Å². The van der Waals surface area contributed by atoms with Gasteiger partial charge in [0.15, 0.2) is 0 Å². The molecule has 0 aliphatic rings. The SMILES string of the molecule is CCNC(=O)CNC(=O)c1cccc([N+](=O)[O-])c1Cl. The Morgan fingerprint density at radius 1 is 1.37 bits per heavy atom. The van der Waals surface area contributed by atoms with E-state index >= 15 is 0 Å². The van der Waals surface area contributed by atoms with Gasteiger partial charge in [-0.05, 0) is 13.0 Å². The zero-order chi connectivity index (χ0) is 14.4. The molecule has 8 heteroatoms. The highest BCUT2D eigenvalue weighted by Gasteiger charge is 2.19. The van der Waals surface area contributed by atoms with Crippen molar-refractivity contribution in [3.8, 4) is 0 Å². The number of hydrogen-bond acceptors (Lipinski definition) is 4. The second-order valence-electron chi connectivity index (χ2n) is 3.53. The second-order valence-corrected chi connectivity index (χ2v) is 3.91. The molecule has 0 saturated carbocycles. The van der Waals surface area contributed by atoms with E-state index < -0.39 is 10.8 Å². The van der Waals surface area contributed by atoms with Crippen LogP contribution in [0.25, 0.3) is 0 Å². The Morgan fingerprint density at radius 3 is 2.63 bits per heavy atom. The van der Waals surface area contributed by atoms with Gasteiger partial charge in [-0.1, -0.05) is 17.7 Å². The minimum Gasteiger partial charge on any atom is -0.355 e. The number of nitrogens with one attached hydrogen (secondary N) is 2. The minimum absolute atomic E-state index is 0.0415. The van der Waals surface area contributed by atoms with Crippen LogP contribution >= 0.6 is 11.6 Å². The molecule has 19 heavy (non-hydrogen) atoms. The summed E-state index contributed by atoms with van der Waals surface area (Å²) in [6.45, 7) is 1.98. The summed E-state index contributed by atoms with van der Waals surface area (Å²) in [5, 5.41) is 15.3. The summed E-state index contributed by atoms with van der Waals surface area (Å²) in [6.07, 6.45) is 0. The Labute approximate surface area is 114 Å². The normalized spacial score (nSPS) is 9.79. The third-order valence-corrected chi connectivity index (χ3v) is 2.60. The highest BCUT2D eigenvalue weighted by atomic mass is 35.5. The van der Waals surface area contributed by atoms with Crippen molar-refractivity contribution in [2.24, 2.45) is 0 Å². The Kier molecular flexibility index (Phi) is 5.25. The van der Waals surface area contributed by atoms with Crippen LogP contribution in [0.2, 0.25) is 5.02 Å². The van der Waals surface area contributed by atoms with Crippen LogP contribution in [-0.4, -0.2) is 29.8 Å². The molecular weight excluding hydrogens is 274 g/mol. The monoisotopic (exact) mass is 285 g/mol. The molecule has 1 rings (SSSR count). The van der Waals surface area contributed by atoms with Crippen molar-refractivity contribution >= 4 is 29.1 Å². The minimum atomic E-state index is -0.678. The molecule has 0 unspecified atom stereocenters. The maximum Gasteiger partial charge on any atom is 0.288 e. The van der Waals surface area contributed by atoms with Gasteiger partial charge in [-0.3, -0.25) is 19.7 Å². The molecule has 0 atom stereocenters. The first-order chi connectivity index (χ1) is 8.97. The van der Waals surface area contributed by atoms with Crippen LogP contribution in [0.5, 0.6) is 0 Å². The summed E-state index contributed by atoms with van der Waals surface area (Å²) in [4.78, 5) is 32.9. The number of rotatable bonds is 5. The van der Waals surface area contributed by atoms with Crippen LogP contribution in [0.15, 0.2) is 18.2 Å². The largest absolute Gasteiger partial charge is 0.355 e. The van der Waals surface area contributed by atoms with Crippen LogP contribution in [0, 0.1) is 10.1 Å². The highest BCUT2D eigenvalue weighted by Crippen LogP contribution is 2.27. The van der Waals surface area contributed by atoms with Crippen molar-refractivity contribution in [1.29, 1.82) is 0 Å². The topological polar surface area (TPSA) is 101 Å². The van der Waals surface area contributed by atoms with Crippen molar-refractivity contribution in [3.05, 3.63) is 38.9 Å². The van der Waals surface area contributed by atoms with Gasteiger partial charge in [0.1, 0.15) is 5.02 Å². The van der Waals surface area contributed by atoms with Crippen LogP contribution < -0.4 is 10.6 Å². The summed E-state index contributed by atoms with van der Waals surface area (Å²) in [7, 11) is 0. The third-order valence-electron chi connectivity index (χ3n) is 2.20. The van der Waals surface area contributed by atoms with Crippen molar-refractivity contribution in [3.63, 3.8) is 0 Å². The molecule has 0 heterocycles. The summed E-state index contributed by atoms with van der Waals surface area (Å²) < 4.78 is 0. The number of carbonyl (C=O) groups is 2. The van der Waals surface area contributed by atoms with Crippen molar-refractivity contribution in [2.75, 3.05) is 13.1 Å². The number of nitro groups is 1. The van der Waals surface area contributed by atoms with Gasteiger partial charge in [-0.2, -0.15) is 0 Å². The van der Waals surface area contributed by atoms with Crippen LogP contribution in [-0.2, 0) is 4.79 Å². The Bertz CT molecular complexity index is 519. The summed E-state index contributed by atoms with van der Waals surface area (Å²) >= 11 is 5.77. The fourth-order valence-corrected chi connectivity index (χ4v) is 1.63. The van der Waals surface area contributed by atoms with E-state index in [1.807, 2.05) is 0 Å². The molecule has 0 aliphatic heterocycles. The summed E-state index contributed by atoms with van der Waals surface area (Å²) in [6, 6.07) is 3.90. The summed E-state index contributed by atoms with van der Waals surface area (Å²) in [5.41, 5.74) is -0.396. The Balaban J connectivity index is 2.80. The average molecular weight is 286 g/mol. The standard InChI is InChI=1S/C11H12ClN3O4/c1-2-13-9(16)6-14-11(17)7-4-3-5-8(10(7)12)15(18)19/h3-5H,2,6H2,1H3,(H,13,16)(H,14,17). The number of nitro benzene ring substituents is 1. The second kappa shape index (κ2) is 6.69. The first-order valence-electron chi connectivity index (χ1n) is 5.45. The molecule has 1 aromatic carbocycles. The van der Waals surface area contributed by atoms with E-state index in [0.29, 0.717) is 6.54 Å². The Hall–Kier alpha value is -2.15. The first-order valence-corrected chi connectivity index (χ1v) is 5.83. The maximum absolute atomic E-state index is 11.8. The molecule has 2 N–H and O–H groups in total. The van der Waals surface area contributed by atoms with Crippen LogP contribution in [0.3, 0.4) is 0 Å². The van der Waals surface area contributed by atoms with Gasteiger partial charge < -0.3 is 10.6 Å². The van der Waals surface area contributed by atoms with Gasteiger partial charge in [0.05, 0.1) is 17.0 Å². The van der Waals surface area contributed by atoms with Crippen LogP contribution in [0.1, 0.15) is 17.3 Å². The average Bonchev–Trinajstić information content (AvgIpc) is 2.36. The number of halogens is 1. The van der Waals surface area contributed by atoms with Gasteiger partial charge >= 0.3 is 0 Å². The van der Waals surface area contributed by atoms with E-state index in [9.17, 15) is 19.7 Å². The van der Waals surface area contributed by atoms with E-state index in [2.05, 4.69) is 10.6 Å². The smallest absolute Gasteiger partial charge is 0.288 e. The molecule has 0 fully saturated rings. The van der Waals surface area contributed by atoms with Crippen molar-refractivity contribution < 1.29 is 14.5 Å². The van der Waals surface area contributed by atoms with E-state index in [0.717, 1.165) is 0 Å². The number of nitrogens with zero attached hydrogens (tertiary/aromatic N) is 1. The zero-order valence-corrected chi connectivity index (χ0v) is 10.9. The lowest BCUT2D eigenvalue weighted by Gasteiger charge is -2.06. The lowest BCUT2D eigenvalue weighted by atomic mass is 10.2. The predicted octanol–water partition coefficient (Wildman–Crippen LogP) is 1.11. The molecule has 0 bridgehead atoms. The number of carbonyl (C=O) groups excluding carboxylic acids is 2. The highest BCUT2D eigenvalue weighted by molar-refractivity contribution is 6.35. The number of benzene rings is 1. The maximum atomic E-state index is 11.8. The van der Waals surface area contributed by atoms with E-state index in [1.165, 1.54) is 18.2 Å². The molecule has 102 valence electrons. The number of hydrogen-bond donors (Lipinski definition) is 2. The summed E-state index contributed by atoms with van der Waals surface area (Å²) in [5.74, 6) is -0.989. The van der Waals surface area contributed by atoms with E-state index in [1.54, 1.807) is 6.92 Å². The number of likely N-dealkylation sites (N-methyl/N-ethyl adjacent to an activating group) is 1. The zero-order valence-electron chi connectivity index (χ0n) is 10.1. The van der Waals surface area contributed by atoms with E-state index in [-0.39, 0.29) is 28.7 Å². The van der Waals surface area contributed by atoms with Gasteiger partial charge in [0.25, 0.3) is 11.6 Å². The molecule has 7 nitrogen and oxygen atoms in total. The van der Waals surface area contributed by atoms with Crippen molar-refractivity contribution in [1.82, 2.24) is 10.6 Å². The molecule has 0 aromatic heterocycles. The Morgan fingerprint density at radius 2 is 2.05 bits per heavy atom. The first kappa shape index (κ1) is 14.9. The molecule has 1 aromatic rings. The molecule has 2 amide bonds. The van der Waals surface area contributed by atoms with Gasteiger partial charge in [-0.25, -0.2) is 0 Å². The van der Waals surface area contributed by atoms with E-state index in [4.69, 9.17) is 11.6 Å². The van der Waals surface area contributed by atoms with Gasteiger partial charge in [0.2, 0.25) is 5.91 Å². The fraction of sp³-hybridized carbons (Fsp3) is 0.273. The molecule has 0 spiro atoms. The molecule has 0 radical (unpaired) electrons. The fourth-order valence-electron chi connectivity index (χ4n) is 1.35. The molecule has 0 saturated heterocycles. The van der Waals surface area contributed by atoms with Gasteiger partial charge in [0, 0.05) is 12.6 Å². The number of amides is 2. The lowest BCUT2D eigenvalue weighted by Crippen LogP contribution is -2.36. The molecular formula is C11H12ClN3O4. The quantitative estimate of drug-likeness (QED) is 0.625. The van der Waals surface area contributed by atoms with Crippen molar-refractivity contribution in [2.45, 2.75) is 6.92 Å². The third kappa shape index (κ3) is 3.92. The van der Waals surface area contributed by atoms with Crippen LogP contribution in [0.4, 0.5) is 5.69 Å². The molecule has 0 aliphatic carbocycles. The lowest BCUT2D eigenvalue weighted by molar-refractivity contribution is -0.384.